The molecule has 0 unspecified atom stereocenters. The van der Waals surface area contributed by atoms with Crippen molar-refractivity contribution in [3.8, 4) is 0 Å². The van der Waals surface area contributed by atoms with Gasteiger partial charge in [-0.1, -0.05) is 90.9 Å². The standard InChI is InChI=1S/C26H50N4O4/c1-3-5-7-9-11-13-15-19-23(31)30(22(25(33)34)18-17-21-29-26(27)28)24(32)20-16-14-12-10-8-6-4-2/h22H,3-21H2,1-2H3,(H,33,34)(H4,27,28,29)/t22-/m0/s1. The van der Waals surface area contributed by atoms with Crippen LogP contribution in [0.25, 0.3) is 0 Å². The van der Waals surface area contributed by atoms with E-state index in [9.17, 15) is 19.5 Å². The Balaban J connectivity index is 4.88. The highest BCUT2D eigenvalue weighted by molar-refractivity contribution is 5.99. The maximum atomic E-state index is 13.0. The molecule has 0 saturated heterocycles. The van der Waals surface area contributed by atoms with E-state index in [1.807, 2.05) is 0 Å². The van der Waals surface area contributed by atoms with Crippen molar-refractivity contribution in [2.75, 3.05) is 6.54 Å². The van der Waals surface area contributed by atoms with E-state index < -0.39 is 12.0 Å². The first-order valence-corrected chi connectivity index (χ1v) is 13.5. The van der Waals surface area contributed by atoms with Crippen molar-refractivity contribution in [1.82, 2.24) is 10.2 Å². The van der Waals surface area contributed by atoms with E-state index in [0.717, 1.165) is 43.4 Å². The molecule has 0 aromatic rings. The van der Waals surface area contributed by atoms with Gasteiger partial charge in [0.2, 0.25) is 11.8 Å². The Kier molecular flexibility index (Phi) is 20.1. The molecule has 8 nitrogen and oxygen atoms in total. The van der Waals surface area contributed by atoms with E-state index in [4.69, 9.17) is 11.1 Å². The number of unbranched alkanes of at least 4 members (excludes halogenated alkanes) is 12. The van der Waals surface area contributed by atoms with Gasteiger partial charge in [-0.2, -0.15) is 0 Å². The molecule has 8 heteroatoms. The quantitative estimate of drug-likeness (QED) is 0.0934. The van der Waals surface area contributed by atoms with Crippen LogP contribution in [0.2, 0.25) is 0 Å². The Labute approximate surface area is 206 Å². The van der Waals surface area contributed by atoms with Gasteiger partial charge in [0.05, 0.1) is 0 Å². The average Bonchev–Trinajstić information content (AvgIpc) is 2.79. The maximum absolute atomic E-state index is 13.0. The van der Waals surface area contributed by atoms with Crippen molar-refractivity contribution in [3.63, 3.8) is 0 Å². The third-order valence-corrected chi connectivity index (χ3v) is 6.09. The highest BCUT2D eigenvalue weighted by Crippen LogP contribution is 2.17. The van der Waals surface area contributed by atoms with Gasteiger partial charge in [-0.25, -0.2) is 4.79 Å². The Bertz CT molecular complexity index is 553. The topological polar surface area (TPSA) is 137 Å². The van der Waals surface area contributed by atoms with E-state index in [1.54, 1.807) is 0 Å². The number of aliphatic carboxylic acids is 1. The van der Waals surface area contributed by atoms with Crippen molar-refractivity contribution in [3.05, 3.63) is 0 Å². The van der Waals surface area contributed by atoms with E-state index in [-0.39, 0.29) is 37.0 Å². The minimum absolute atomic E-state index is 0.140. The number of carbonyl (C=O) groups excluding carboxylic acids is 2. The smallest absolute Gasteiger partial charge is 0.326 e. The van der Waals surface area contributed by atoms with Crippen LogP contribution < -0.4 is 11.1 Å². The SMILES string of the molecule is CCCCCCCCCC(=O)N(C(=O)CCCCCCCCC)[C@@H](CCCNC(=N)N)C(=O)O. The fourth-order valence-corrected chi connectivity index (χ4v) is 4.08. The molecule has 0 spiro atoms. The van der Waals surface area contributed by atoms with Gasteiger partial charge in [0.25, 0.3) is 0 Å². The summed E-state index contributed by atoms with van der Waals surface area (Å²) in [5, 5.41) is 19.7. The van der Waals surface area contributed by atoms with Crippen molar-refractivity contribution >= 4 is 23.7 Å². The molecule has 0 aromatic carbocycles. The van der Waals surface area contributed by atoms with Crippen molar-refractivity contribution < 1.29 is 19.5 Å². The number of guanidine groups is 1. The molecule has 0 radical (unpaired) electrons. The van der Waals surface area contributed by atoms with Crippen LogP contribution in [-0.4, -0.2) is 46.3 Å². The highest BCUT2D eigenvalue weighted by Gasteiger charge is 2.33. The predicted molar refractivity (Wildman–Crippen MR) is 138 cm³/mol. The zero-order valence-electron chi connectivity index (χ0n) is 21.7. The number of amides is 2. The molecule has 0 fully saturated rings. The summed E-state index contributed by atoms with van der Waals surface area (Å²) in [5.41, 5.74) is 5.28. The fourth-order valence-electron chi connectivity index (χ4n) is 4.08. The summed E-state index contributed by atoms with van der Waals surface area (Å²) in [4.78, 5) is 39.0. The molecule has 0 saturated carbocycles. The minimum Gasteiger partial charge on any atom is -0.480 e. The Hall–Kier alpha value is -2.12. The lowest BCUT2D eigenvalue weighted by atomic mass is 10.0. The van der Waals surface area contributed by atoms with Crippen LogP contribution >= 0.6 is 0 Å². The molecular weight excluding hydrogens is 432 g/mol. The first-order valence-electron chi connectivity index (χ1n) is 13.5. The summed E-state index contributed by atoms with van der Waals surface area (Å²) < 4.78 is 0. The summed E-state index contributed by atoms with van der Waals surface area (Å²) in [5.74, 6) is -2.11. The lowest BCUT2D eigenvalue weighted by Gasteiger charge is -2.27. The van der Waals surface area contributed by atoms with Gasteiger partial charge >= 0.3 is 5.97 Å². The first kappa shape index (κ1) is 31.9. The first-order chi connectivity index (χ1) is 16.3. The average molecular weight is 483 g/mol. The molecule has 198 valence electrons. The third kappa shape index (κ3) is 16.5. The Morgan fingerprint density at radius 2 is 1.18 bits per heavy atom. The number of rotatable bonds is 22. The summed E-state index contributed by atoms with van der Waals surface area (Å²) in [6, 6.07) is -1.18. The van der Waals surface area contributed by atoms with E-state index in [2.05, 4.69) is 19.2 Å². The molecule has 34 heavy (non-hydrogen) atoms. The van der Waals surface area contributed by atoms with Gasteiger partial charge < -0.3 is 16.2 Å². The summed E-state index contributed by atoms with van der Waals surface area (Å²) in [6.07, 6.45) is 15.7. The second-order valence-electron chi connectivity index (χ2n) is 9.24. The maximum Gasteiger partial charge on any atom is 0.326 e. The lowest BCUT2D eigenvalue weighted by Crippen LogP contribution is -2.49. The van der Waals surface area contributed by atoms with Crippen LogP contribution in [0.5, 0.6) is 0 Å². The van der Waals surface area contributed by atoms with Gasteiger partial charge in [-0.3, -0.25) is 19.9 Å². The molecule has 0 bridgehead atoms. The van der Waals surface area contributed by atoms with Crippen LogP contribution in [0, 0.1) is 5.41 Å². The number of nitrogens with zero attached hydrogens (tertiary/aromatic N) is 1. The zero-order chi connectivity index (χ0) is 25.6. The van der Waals surface area contributed by atoms with E-state index in [0.29, 0.717) is 25.8 Å². The van der Waals surface area contributed by atoms with Crippen molar-refractivity contribution in [1.29, 1.82) is 5.41 Å². The van der Waals surface area contributed by atoms with Gasteiger partial charge in [-0.15, -0.1) is 0 Å². The fraction of sp³-hybridized carbons (Fsp3) is 0.846. The molecule has 0 rings (SSSR count). The Morgan fingerprint density at radius 3 is 1.56 bits per heavy atom. The van der Waals surface area contributed by atoms with Crippen LogP contribution in [-0.2, 0) is 14.4 Å². The van der Waals surface area contributed by atoms with Crippen molar-refractivity contribution in [2.45, 2.75) is 135 Å². The number of hydrogen-bond acceptors (Lipinski definition) is 4. The number of nitrogens with one attached hydrogen (secondary N) is 2. The van der Waals surface area contributed by atoms with Crippen LogP contribution in [0.15, 0.2) is 0 Å². The second-order valence-corrected chi connectivity index (χ2v) is 9.24. The summed E-state index contributed by atoms with van der Waals surface area (Å²) in [6.45, 7) is 4.67. The van der Waals surface area contributed by atoms with Crippen LogP contribution in [0.3, 0.4) is 0 Å². The number of hydrogen-bond donors (Lipinski definition) is 4. The normalized spacial score (nSPS) is 11.7. The van der Waals surface area contributed by atoms with Crippen LogP contribution in [0.4, 0.5) is 0 Å². The number of nitrogens with two attached hydrogens (primary N) is 1. The van der Waals surface area contributed by atoms with Gasteiger partial charge in [0.1, 0.15) is 6.04 Å². The van der Waals surface area contributed by atoms with E-state index in [1.165, 1.54) is 38.5 Å². The molecule has 0 aromatic heterocycles. The van der Waals surface area contributed by atoms with Crippen molar-refractivity contribution in [2.24, 2.45) is 5.73 Å². The summed E-state index contributed by atoms with van der Waals surface area (Å²) >= 11 is 0. The van der Waals surface area contributed by atoms with Gasteiger partial charge in [0, 0.05) is 19.4 Å². The largest absolute Gasteiger partial charge is 0.480 e. The van der Waals surface area contributed by atoms with Crippen LogP contribution in [0.1, 0.15) is 129 Å². The van der Waals surface area contributed by atoms with E-state index >= 15 is 0 Å². The zero-order valence-corrected chi connectivity index (χ0v) is 21.7. The molecule has 0 heterocycles. The molecular formula is C26H50N4O4. The predicted octanol–water partition coefficient (Wildman–Crippen LogP) is 5.34. The monoisotopic (exact) mass is 482 g/mol. The Morgan fingerprint density at radius 1 is 0.765 bits per heavy atom. The number of carboxylic acid groups (broad SMARTS) is 1. The highest BCUT2D eigenvalue weighted by atomic mass is 16.4. The van der Waals surface area contributed by atoms with Gasteiger partial charge in [0.15, 0.2) is 5.96 Å². The molecule has 1 atom stereocenters. The minimum atomic E-state index is -1.18. The molecule has 5 N–H and O–H groups in total. The molecule has 0 aliphatic carbocycles. The van der Waals surface area contributed by atoms with Gasteiger partial charge in [-0.05, 0) is 25.7 Å². The third-order valence-electron chi connectivity index (χ3n) is 6.09. The molecule has 0 aliphatic heterocycles. The summed E-state index contributed by atoms with van der Waals surface area (Å²) in [7, 11) is 0. The number of imide groups is 1. The number of carbonyl (C=O) groups is 3. The lowest BCUT2D eigenvalue weighted by molar-refractivity contribution is -0.158. The number of carboxylic acids is 1. The second kappa shape index (κ2) is 21.4. The molecule has 2 amide bonds. The molecule has 0 aliphatic rings.